The van der Waals surface area contributed by atoms with E-state index in [4.69, 9.17) is 14.2 Å². The number of amidine groups is 1. The molecule has 8 heteroatoms. The molecule has 3 rings (SSSR count). The SMILES string of the molecule is C=CCOc1ccc(/C=C2\SC(=Nc3ccc(C(=O)OCC)cc3)N(C)C2=O)cc1OCC. The van der Waals surface area contributed by atoms with Crippen molar-refractivity contribution in [1.29, 1.82) is 0 Å². The molecule has 0 aliphatic carbocycles. The number of nitrogens with zero attached hydrogens (tertiary/aromatic N) is 2. The fourth-order valence-electron chi connectivity index (χ4n) is 2.95. The van der Waals surface area contributed by atoms with E-state index in [1.807, 2.05) is 25.1 Å². The Balaban J connectivity index is 1.81. The predicted octanol–water partition coefficient (Wildman–Crippen LogP) is 5.06. The lowest BCUT2D eigenvalue weighted by molar-refractivity contribution is -0.121. The first-order chi connectivity index (χ1) is 16.0. The minimum absolute atomic E-state index is 0.146. The molecule has 1 fully saturated rings. The van der Waals surface area contributed by atoms with Crippen molar-refractivity contribution in [2.24, 2.45) is 4.99 Å². The van der Waals surface area contributed by atoms with Crippen LogP contribution < -0.4 is 9.47 Å². The zero-order valence-corrected chi connectivity index (χ0v) is 19.7. The monoisotopic (exact) mass is 466 g/mol. The Bertz CT molecular complexity index is 1090. The molecule has 7 nitrogen and oxygen atoms in total. The van der Waals surface area contributed by atoms with Crippen LogP contribution in [0.3, 0.4) is 0 Å². The Kier molecular flexibility index (Phi) is 8.32. The van der Waals surface area contributed by atoms with E-state index in [9.17, 15) is 9.59 Å². The number of carbonyl (C=O) groups is 2. The molecule has 0 N–H and O–H groups in total. The molecule has 0 saturated carbocycles. The highest BCUT2D eigenvalue weighted by atomic mass is 32.2. The number of amides is 1. The largest absolute Gasteiger partial charge is 0.490 e. The van der Waals surface area contributed by atoms with Crippen LogP contribution in [0.25, 0.3) is 6.08 Å². The lowest BCUT2D eigenvalue weighted by atomic mass is 10.2. The van der Waals surface area contributed by atoms with E-state index >= 15 is 0 Å². The van der Waals surface area contributed by atoms with Gasteiger partial charge in [0.25, 0.3) is 5.91 Å². The van der Waals surface area contributed by atoms with Crippen LogP contribution in [0.5, 0.6) is 11.5 Å². The maximum atomic E-state index is 12.8. The van der Waals surface area contributed by atoms with Crippen molar-refractivity contribution in [3.63, 3.8) is 0 Å². The summed E-state index contributed by atoms with van der Waals surface area (Å²) in [5, 5.41) is 0.547. The van der Waals surface area contributed by atoms with Crippen LogP contribution in [0, 0.1) is 0 Å². The maximum absolute atomic E-state index is 12.8. The topological polar surface area (TPSA) is 77.4 Å². The number of ether oxygens (including phenoxy) is 3. The van der Waals surface area contributed by atoms with Crippen molar-refractivity contribution in [1.82, 2.24) is 4.90 Å². The first-order valence-corrected chi connectivity index (χ1v) is 11.3. The minimum Gasteiger partial charge on any atom is -0.490 e. The second kappa shape index (κ2) is 11.4. The lowest BCUT2D eigenvalue weighted by Crippen LogP contribution is -2.23. The zero-order chi connectivity index (χ0) is 23.8. The molecule has 172 valence electrons. The van der Waals surface area contributed by atoms with Crippen LogP contribution in [0.4, 0.5) is 5.69 Å². The number of carbonyl (C=O) groups excluding carboxylic acids is 2. The van der Waals surface area contributed by atoms with Gasteiger partial charge in [-0.25, -0.2) is 9.79 Å². The van der Waals surface area contributed by atoms with Gasteiger partial charge in [-0.1, -0.05) is 18.7 Å². The Labute approximate surface area is 197 Å². The summed E-state index contributed by atoms with van der Waals surface area (Å²) in [6.07, 6.45) is 3.47. The third kappa shape index (κ3) is 6.04. The van der Waals surface area contributed by atoms with E-state index in [-0.39, 0.29) is 11.9 Å². The van der Waals surface area contributed by atoms with E-state index in [0.717, 1.165) is 5.56 Å². The molecule has 2 aromatic carbocycles. The first-order valence-electron chi connectivity index (χ1n) is 10.5. The molecule has 2 aromatic rings. The van der Waals surface area contributed by atoms with Crippen molar-refractivity contribution in [2.45, 2.75) is 13.8 Å². The summed E-state index contributed by atoms with van der Waals surface area (Å²) in [5.74, 6) is 0.701. The highest BCUT2D eigenvalue weighted by Gasteiger charge is 2.30. The molecule has 0 atom stereocenters. The second-order valence-electron chi connectivity index (χ2n) is 6.88. The predicted molar refractivity (Wildman–Crippen MR) is 131 cm³/mol. The zero-order valence-electron chi connectivity index (χ0n) is 18.9. The third-order valence-corrected chi connectivity index (χ3v) is 5.59. The Hall–Kier alpha value is -3.52. The molecule has 33 heavy (non-hydrogen) atoms. The molecule has 1 saturated heterocycles. The number of aliphatic imine (C=N–C) groups is 1. The number of esters is 1. The van der Waals surface area contributed by atoms with Gasteiger partial charge in [0.1, 0.15) is 6.61 Å². The Morgan fingerprint density at radius 1 is 1.09 bits per heavy atom. The van der Waals surface area contributed by atoms with Crippen molar-refractivity contribution in [2.75, 3.05) is 26.9 Å². The summed E-state index contributed by atoms with van der Waals surface area (Å²) in [6, 6.07) is 12.3. The first kappa shape index (κ1) is 24.1. The Morgan fingerprint density at radius 2 is 1.85 bits per heavy atom. The molecular weight excluding hydrogens is 440 g/mol. The number of benzene rings is 2. The van der Waals surface area contributed by atoms with Gasteiger partial charge in [0.15, 0.2) is 16.7 Å². The summed E-state index contributed by atoms with van der Waals surface area (Å²) in [6.45, 7) is 8.50. The highest BCUT2D eigenvalue weighted by molar-refractivity contribution is 8.18. The molecule has 1 amide bonds. The van der Waals surface area contributed by atoms with Crippen LogP contribution in [0.2, 0.25) is 0 Å². The standard InChI is InChI=1S/C25H26N2O5S/c1-5-14-32-20-13-8-17(15-21(20)30-6-2)16-22-23(28)27(4)25(33-22)26-19-11-9-18(10-12-19)24(29)31-7-3/h5,8-13,15-16H,1,6-7,14H2,2-4H3/b22-16-,26-25?. The summed E-state index contributed by atoms with van der Waals surface area (Å²) in [5.41, 5.74) is 1.90. The molecule has 0 radical (unpaired) electrons. The smallest absolute Gasteiger partial charge is 0.338 e. The van der Waals surface area contributed by atoms with Gasteiger partial charge in [0, 0.05) is 7.05 Å². The van der Waals surface area contributed by atoms with Gasteiger partial charge in [0.2, 0.25) is 0 Å². The van der Waals surface area contributed by atoms with Gasteiger partial charge >= 0.3 is 5.97 Å². The van der Waals surface area contributed by atoms with E-state index in [1.54, 1.807) is 50.4 Å². The molecule has 0 unspecified atom stereocenters. The van der Waals surface area contributed by atoms with E-state index in [0.29, 0.717) is 52.6 Å². The molecule has 1 aliphatic heterocycles. The van der Waals surface area contributed by atoms with Crippen LogP contribution in [0.15, 0.2) is 65.0 Å². The molecule has 1 heterocycles. The van der Waals surface area contributed by atoms with E-state index in [2.05, 4.69) is 11.6 Å². The van der Waals surface area contributed by atoms with Crippen LogP contribution >= 0.6 is 11.8 Å². The third-order valence-electron chi connectivity index (χ3n) is 4.53. The van der Waals surface area contributed by atoms with Gasteiger partial charge in [-0.05, 0) is 73.6 Å². The quantitative estimate of drug-likeness (QED) is 0.292. The van der Waals surface area contributed by atoms with Gasteiger partial charge in [0.05, 0.1) is 29.4 Å². The highest BCUT2D eigenvalue weighted by Crippen LogP contribution is 2.35. The summed E-state index contributed by atoms with van der Waals surface area (Å²) in [4.78, 5) is 31.2. The minimum atomic E-state index is -0.378. The van der Waals surface area contributed by atoms with E-state index in [1.165, 1.54) is 16.7 Å². The van der Waals surface area contributed by atoms with E-state index < -0.39 is 0 Å². The summed E-state index contributed by atoms with van der Waals surface area (Å²) < 4.78 is 16.3. The maximum Gasteiger partial charge on any atom is 0.338 e. The summed E-state index contributed by atoms with van der Waals surface area (Å²) >= 11 is 1.28. The van der Waals surface area contributed by atoms with Crippen LogP contribution in [-0.2, 0) is 9.53 Å². The van der Waals surface area contributed by atoms with Crippen molar-refractivity contribution in [3.8, 4) is 11.5 Å². The van der Waals surface area contributed by atoms with Gasteiger partial charge in [-0.15, -0.1) is 0 Å². The lowest BCUT2D eigenvalue weighted by Gasteiger charge is -2.11. The number of thioether (sulfide) groups is 1. The molecule has 0 spiro atoms. The number of hydrogen-bond acceptors (Lipinski definition) is 7. The average Bonchev–Trinajstić information content (AvgIpc) is 3.07. The Morgan fingerprint density at radius 3 is 2.52 bits per heavy atom. The molecule has 1 aliphatic rings. The number of rotatable bonds is 9. The van der Waals surface area contributed by atoms with Gasteiger partial charge in [-0.3, -0.25) is 9.69 Å². The second-order valence-corrected chi connectivity index (χ2v) is 7.88. The molecule has 0 bridgehead atoms. The number of likely N-dealkylation sites (N-methyl/N-ethyl adjacent to an activating group) is 1. The molecular formula is C25H26N2O5S. The summed E-state index contributed by atoms with van der Waals surface area (Å²) in [7, 11) is 1.68. The van der Waals surface area contributed by atoms with Crippen molar-refractivity contribution < 1.29 is 23.8 Å². The average molecular weight is 467 g/mol. The fourth-order valence-corrected chi connectivity index (χ4v) is 3.94. The van der Waals surface area contributed by atoms with Gasteiger partial charge < -0.3 is 14.2 Å². The van der Waals surface area contributed by atoms with Gasteiger partial charge in [-0.2, -0.15) is 0 Å². The normalized spacial score (nSPS) is 15.7. The van der Waals surface area contributed by atoms with Crippen molar-refractivity contribution >= 4 is 40.6 Å². The van der Waals surface area contributed by atoms with Crippen LogP contribution in [-0.4, -0.2) is 48.8 Å². The number of hydrogen-bond donors (Lipinski definition) is 0. The fraction of sp³-hybridized carbons (Fsp3) is 0.240. The van der Waals surface area contributed by atoms with Crippen LogP contribution in [0.1, 0.15) is 29.8 Å². The van der Waals surface area contributed by atoms with Crippen molar-refractivity contribution in [3.05, 3.63) is 71.2 Å². The molecule has 0 aromatic heterocycles.